The van der Waals surface area contributed by atoms with E-state index >= 15 is 0 Å². The van der Waals surface area contributed by atoms with Crippen LogP contribution in [0.5, 0.6) is 0 Å². The van der Waals surface area contributed by atoms with Crippen molar-refractivity contribution in [2.45, 2.75) is 38.1 Å². The van der Waals surface area contributed by atoms with Crippen LogP contribution in [-0.4, -0.2) is 22.3 Å². The summed E-state index contributed by atoms with van der Waals surface area (Å²) < 4.78 is 0. The molecule has 19 heavy (non-hydrogen) atoms. The molecule has 6 heteroatoms. The maximum Gasteiger partial charge on any atom is 0.265 e. The Balaban J connectivity index is 2.05. The molecule has 0 aromatic carbocycles. The quantitative estimate of drug-likeness (QED) is 0.651. The molecule has 1 heterocycles. The summed E-state index contributed by atoms with van der Waals surface area (Å²) in [5.41, 5.74) is 11.7. The summed E-state index contributed by atoms with van der Waals surface area (Å²) in [6.07, 6.45) is 5.28. The molecule has 1 aliphatic carbocycles. The minimum absolute atomic E-state index is 0.0975. The van der Waals surface area contributed by atoms with Crippen molar-refractivity contribution in [3.05, 3.63) is 18.0 Å². The van der Waals surface area contributed by atoms with E-state index in [0.717, 1.165) is 25.7 Å². The summed E-state index contributed by atoms with van der Waals surface area (Å²) in [4.78, 5) is 25.9. The number of nitrogens with one attached hydrogen (secondary N) is 2. The normalized spacial score (nSPS) is 26.9. The minimum atomic E-state index is -0.554. The van der Waals surface area contributed by atoms with Crippen molar-refractivity contribution in [3.8, 4) is 0 Å². The zero-order chi connectivity index (χ0) is 14.0. The fraction of sp³-hybridized carbons (Fsp3) is 0.538. The highest BCUT2D eigenvalue weighted by Gasteiger charge is 2.37. The van der Waals surface area contributed by atoms with Crippen molar-refractivity contribution < 1.29 is 9.59 Å². The van der Waals surface area contributed by atoms with Crippen LogP contribution < -0.4 is 16.8 Å². The number of carbonyl (C=O) groups is 2. The molecule has 1 saturated carbocycles. The van der Waals surface area contributed by atoms with Crippen molar-refractivity contribution in [2.75, 3.05) is 5.32 Å². The number of primary amides is 1. The molecule has 0 aliphatic heterocycles. The van der Waals surface area contributed by atoms with E-state index < -0.39 is 11.4 Å². The Morgan fingerprint density at radius 2 is 2.21 bits per heavy atom. The molecule has 1 aromatic heterocycles. The molecule has 2 rings (SSSR count). The zero-order valence-corrected chi connectivity index (χ0v) is 11.0. The third kappa shape index (κ3) is 2.96. The number of hydrogen-bond acceptors (Lipinski definition) is 3. The molecular formula is C13H20N4O2. The summed E-state index contributed by atoms with van der Waals surface area (Å²) in [7, 11) is 0. The van der Waals surface area contributed by atoms with Gasteiger partial charge in [0.2, 0.25) is 5.91 Å². The van der Waals surface area contributed by atoms with Gasteiger partial charge < -0.3 is 21.8 Å². The third-order valence-electron chi connectivity index (χ3n) is 3.79. The van der Waals surface area contributed by atoms with E-state index in [0.29, 0.717) is 5.69 Å². The molecule has 2 unspecified atom stereocenters. The number of carbonyl (C=O) groups excluding carboxylic acids is 2. The number of amides is 2. The van der Waals surface area contributed by atoms with Crippen molar-refractivity contribution in [1.82, 2.24) is 4.98 Å². The van der Waals surface area contributed by atoms with Gasteiger partial charge in [0, 0.05) is 11.7 Å². The minimum Gasteiger partial charge on any atom is -0.364 e. The van der Waals surface area contributed by atoms with Gasteiger partial charge >= 0.3 is 0 Å². The van der Waals surface area contributed by atoms with Gasteiger partial charge in [-0.3, -0.25) is 9.59 Å². The topological polar surface area (TPSA) is 114 Å². The average molecular weight is 264 g/mol. The Kier molecular flexibility index (Phi) is 3.61. The summed E-state index contributed by atoms with van der Waals surface area (Å²) in [6.45, 7) is 1.92. The van der Waals surface area contributed by atoms with Gasteiger partial charge in [0.1, 0.15) is 5.69 Å². The summed E-state index contributed by atoms with van der Waals surface area (Å²) in [5, 5.41) is 2.78. The first-order valence-corrected chi connectivity index (χ1v) is 6.48. The van der Waals surface area contributed by atoms with Crippen molar-refractivity contribution in [2.24, 2.45) is 17.4 Å². The monoisotopic (exact) mass is 264 g/mol. The average Bonchev–Trinajstić information content (AvgIpc) is 2.76. The number of rotatable bonds is 3. The van der Waals surface area contributed by atoms with Gasteiger partial charge in [-0.25, -0.2) is 0 Å². The van der Waals surface area contributed by atoms with Gasteiger partial charge in [-0.15, -0.1) is 0 Å². The first-order chi connectivity index (χ1) is 8.90. The first-order valence-electron chi connectivity index (χ1n) is 6.48. The molecule has 0 spiro atoms. The van der Waals surface area contributed by atoms with Crippen LogP contribution in [0.3, 0.4) is 0 Å². The molecule has 0 bridgehead atoms. The van der Waals surface area contributed by atoms with Gasteiger partial charge in [-0.05, 0) is 25.8 Å². The lowest BCUT2D eigenvalue weighted by Gasteiger charge is -2.37. The number of aromatic amines is 1. The van der Waals surface area contributed by atoms with Gasteiger partial charge in [-0.1, -0.05) is 12.8 Å². The molecular weight excluding hydrogens is 244 g/mol. The van der Waals surface area contributed by atoms with E-state index in [2.05, 4.69) is 10.3 Å². The van der Waals surface area contributed by atoms with E-state index in [1.54, 1.807) is 6.20 Å². The second-order valence-electron chi connectivity index (χ2n) is 5.46. The Morgan fingerprint density at radius 3 is 2.79 bits per heavy atom. The number of nitrogens with two attached hydrogens (primary N) is 2. The van der Waals surface area contributed by atoms with E-state index in [4.69, 9.17) is 11.5 Å². The SMILES string of the molecule is CC1(N)CCCCC1C(=O)Nc1c[nH]c(C(N)=O)c1. The smallest absolute Gasteiger partial charge is 0.265 e. The van der Waals surface area contributed by atoms with Crippen LogP contribution in [0.15, 0.2) is 12.3 Å². The van der Waals surface area contributed by atoms with E-state index in [-0.39, 0.29) is 17.5 Å². The first kappa shape index (κ1) is 13.6. The van der Waals surface area contributed by atoms with Gasteiger partial charge in [-0.2, -0.15) is 0 Å². The lowest BCUT2D eigenvalue weighted by atomic mass is 9.74. The number of anilines is 1. The Hall–Kier alpha value is -1.82. The molecule has 6 nitrogen and oxygen atoms in total. The summed E-state index contributed by atoms with van der Waals surface area (Å²) in [5.74, 6) is -0.852. The molecule has 0 radical (unpaired) electrons. The van der Waals surface area contributed by atoms with Crippen molar-refractivity contribution in [1.29, 1.82) is 0 Å². The fourth-order valence-electron chi connectivity index (χ4n) is 2.63. The van der Waals surface area contributed by atoms with Crippen LogP contribution in [-0.2, 0) is 4.79 Å². The predicted molar refractivity (Wildman–Crippen MR) is 72.5 cm³/mol. The molecule has 0 saturated heterocycles. The highest BCUT2D eigenvalue weighted by molar-refractivity contribution is 5.96. The Bertz CT molecular complexity index is 493. The zero-order valence-electron chi connectivity index (χ0n) is 11.0. The molecule has 1 aromatic rings. The standard InChI is InChI=1S/C13H20N4O2/c1-13(15)5-3-2-4-9(13)12(19)17-8-6-10(11(14)18)16-7-8/h6-7,9,16H,2-5,15H2,1H3,(H2,14,18)(H,17,19). The van der Waals surface area contributed by atoms with E-state index in [9.17, 15) is 9.59 Å². The highest BCUT2D eigenvalue weighted by Crippen LogP contribution is 2.32. The summed E-state index contributed by atoms with van der Waals surface area (Å²) in [6, 6.07) is 1.52. The lowest BCUT2D eigenvalue weighted by molar-refractivity contribution is -0.122. The molecule has 6 N–H and O–H groups in total. The molecule has 1 fully saturated rings. The van der Waals surface area contributed by atoms with Crippen molar-refractivity contribution >= 4 is 17.5 Å². The second-order valence-corrected chi connectivity index (χ2v) is 5.46. The maximum atomic E-state index is 12.2. The second kappa shape index (κ2) is 5.05. The van der Waals surface area contributed by atoms with Crippen LogP contribution in [0.1, 0.15) is 43.1 Å². The largest absolute Gasteiger partial charge is 0.364 e. The molecule has 1 aliphatic rings. The lowest BCUT2D eigenvalue weighted by Crippen LogP contribution is -2.51. The Labute approximate surface area is 111 Å². The van der Waals surface area contributed by atoms with Crippen molar-refractivity contribution in [3.63, 3.8) is 0 Å². The Morgan fingerprint density at radius 1 is 1.47 bits per heavy atom. The van der Waals surface area contributed by atoms with Gasteiger partial charge in [0.25, 0.3) is 5.91 Å². The molecule has 104 valence electrons. The number of hydrogen-bond donors (Lipinski definition) is 4. The number of H-pyrrole nitrogens is 1. The maximum absolute atomic E-state index is 12.2. The van der Waals surface area contributed by atoms with E-state index in [1.165, 1.54) is 6.07 Å². The third-order valence-corrected chi connectivity index (χ3v) is 3.79. The molecule has 2 amide bonds. The van der Waals surface area contributed by atoms with Crippen LogP contribution in [0, 0.1) is 5.92 Å². The van der Waals surface area contributed by atoms with Crippen LogP contribution in [0.2, 0.25) is 0 Å². The fourth-order valence-corrected chi connectivity index (χ4v) is 2.63. The van der Waals surface area contributed by atoms with Crippen LogP contribution >= 0.6 is 0 Å². The van der Waals surface area contributed by atoms with E-state index in [1.807, 2.05) is 6.92 Å². The molecule has 2 atom stereocenters. The van der Waals surface area contributed by atoms with Gasteiger partial charge in [0.15, 0.2) is 0 Å². The predicted octanol–water partition coefficient (Wildman–Crippen LogP) is 0.960. The van der Waals surface area contributed by atoms with Crippen LogP contribution in [0.4, 0.5) is 5.69 Å². The summed E-state index contributed by atoms with van der Waals surface area (Å²) >= 11 is 0. The highest BCUT2D eigenvalue weighted by atomic mass is 16.2. The number of aromatic nitrogens is 1. The van der Waals surface area contributed by atoms with Gasteiger partial charge in [0.05, 0.1) is 11.6 Å². The van der Waals surface area contributed by atoms with Crippen LogP contribution in [0.25, 0.3) is 0 Å².